The van der Waals surface area contributed by atoms with Crippen LogP contribution < -0.4 is 5.56 Å². The molecule has 5 heteroatoms. The maximum Gasteiger partial charge on any atom is 0.264 e. The minimum Gasteiger partial charge on any atom is -0.507 e. The molecule has 0 aliphatic carbocycles. The van der Waals surface area contributed by atoms with Crippen molar-refractivity contribution in [2.24, 2.45) is 0 Å². The molecule has 1 aromatic heterocycles. The fourth-order valence-corrected chi connectivity index (χ4v) is 2.66. The van der Waals surface area contributed by atoms with E-state index in [9.17, 15) is 9.90 Å². The van der Waals surface area contributed by atoms with Crippen molar-refractivity contribution in [3.63, 3.8) is 0 Å². The van der Waals surface area contributed by atoms with Gasteiger partial charge >= 0.3 is 0 Å². The predicted octanol–water partition coefficient (Wildman–Crippen LogP) is 3.32. The molecule has 0 spiro atoms. The molecule has 106 valence electrons. The number of aromatic nitrogens is 2. The second kappa shape index (κ2) is 5.95. The summed E-state index contributed by atoms with van der Waals surface area (Å²) in [7, 11) is 0. The number of aromatic hydroxyl groups is 1. The molecule has 0 aliphatic heterocycles. The van der Waals surface area contributed by atoms with Crippen molar-refractivity contribution in [3.05, 3.63) is 42.9 Å². The third-order valence-corrected chi connectivity index (χ3v) is 4.30. The number of benzene rings is 1. The SMILES string of the molecule is CCCc1nc(-c2cc(C)c(O)c(C)c2)[nH]c(=O)c1I. The summed E-state index contributed by atoms with van der Waals surface area (Å²) in [4.78, 5) is 19.4. The monoisotopic (exact) mass is 384 g/mol. The van der Waals surface area contributed by atoms with Crippen LogP contribution in [0.5, 0.6) is 5.75 Å². The van der Waals surface area contributed by atoms with Crippen LogP contribution in [0, 0.1) is 17.4 Å². The van der Waals surface area contributed by atoms with E-state index in [1.807, 2.05) is 48.6 Å². The Morgan fingerprint density at radius 1 is 1.30 bits per heavy atom. The molecule has 0 saturated carbocycles. The molecule has 20 heavy (non-hydrogen) atoms. The summed E-state index contributed by atoms with van der Waals surface area (Å²) in [5.74, 6) is 0.848. The Labute approximate surface area is 131 Å². The van der Waals surface area contributed by atoms with E-state index in [1.54, 1.807) is 0 Å². The van der Waals surface area contributed by atoms with Gasteiger partial charge in [0.25, 0.3) is 5.56 Å². The standard InChI is InChI=1S/C15H17IN2O2/c1-4-5-11-12(16)15(20)18-14(17-11)10-6-8(2)13(19)9(3)7-10/h6-7,19H,4-5H2,1-3H3,(H,17,18,20). The summed E-state index contributed by atoms with van der Waals surface area (Å²) >= 11 is 2.04. The first kappa shape index (κ1) is 15.0. The van der Waals surface area contributed by atoms with Crippen LogP contribution in [0.2, 0.25) is 0 Å². The van der Waals surface area contributed by atoms with Crippen LogP contribution in [0.1, 0.15) is 30.2 Å². The molecule has 0 saturated heterocycles. The molecule has 2 rings (SSSR count). The van der Waals surface area contributed by atoms with E-state index in [0.717, 1.165) is 35.2 Å². The molecular formula is C15H17IN2O2. The number of phenolic OH excluding ortho intramolecular Hbond substituents is 1. The Kier molecular flexibility index (Phi) is 4.47. The van der Waals surface area contributed by atoms with Crippen LogP contribution in [0.15, 0.2) is 16.9 Å². The first-order chi connectivity index (χ1) is 9.43. The quantitative estimate of drug-likeness (QED) is 0.798. The highest BCUT2D eigenvalue weighted by Gasteiger charge is 2.11. The van der Waals surface area contributed by atoms with Gasteiger partial charge in [0.05, 0.1) is 9.26 Å². The molecule has 1 heterocycles. The number of aryl methyl sites for hydroxylation is 3. The van der Waals surface area contributed by atoms with Crippen LogP contribution in [0.25, 0.3) is 11.4 Å². The first-order valence-electron chi connectivity index (χ1n) is 6.53. The van der Waals surface area contributed by atoms with Crippen molar-refractivity contribution in [1.29, 1.82) is 0 Å². The molecule has 0 bridgehead atoms. The third-order valence-electron chi connectivity index (χ3n) is 3.18. The molecule has 2 N–H and O–H groups in total. The highest BCUT2D eigenvalue weighted by atomic mass is 127. The minimum absolute atomic E-state index is 0.109. The van der Waals surface area contributed by atoms with E-state index < -0.39 is 0 Å². The molecule has 1 aromatic carbocycles. The summed E-state index contributed by atoms with van der Waals surface area (Å²) in [6.07, 6.45) is 1.73. The number of aromatic amines is 1. The van der Waals surface area contributed by atoms with Gasteiger partial charge in [-0.15, -0.1) is 0 Å². The lowest BCUT2D eigenvalue weighted by atomic mass is 10.1. The molecule has 0 aliphatic rings. The molecule has 0 fully saturated rings. The topological polar surface area (TPSA) is 66.0 Å². The highest BCUT2D eigenvalue weighted by Crippen LogP contribution is 2.27. The van der Waals surface area contributed by atoms with Crippen molar-refractivity contribution in [2.75, 3.05) is 0 Å². The van der Waals surface area contributed by atoms with Gasteiger partial charge in [0, 0.05) is 5.56 Å². The zero-order chi connectivity index (χ0) is 14.9. The van der Waals surface area contributed by atoms with Crippen molar-refractivity contribution in [3.8, 4) is 17.1 Å². The number of phenols is 1. The van der Waals surface area contributed by atoms with Gasteiger partial charge in [-0.2, -0.15) is 0 Å². The Hall–Kier alpha value is -1.37. The van der Waals surface area contributed by atoms with Crippen LogP contribution in [0.4, 0.5) is 0 Å². The zero-order valence-electron chi connectivity index (χ0n) is 11.7. The number of halogens is 1. The van der Waals surface area contributed by atoms with E-state index in [4.69, 9.17) is 0 Å². The van der Waals surface area contributed by atoms with Gasteiger partial charge in [-0.3, -0.25) is 4.79 Å². The van der Waals surface area contributed by atoms with Crippen molar-refractivity contribution < 1.29 is 5.11 Å². The second-order valence-electron chi connectivity index (χ2n) is 4.88. The Morgan fingerprint density at radius 3 is 2.45 bits per heavy atom. The second-order valence-corrected chi connectivity index (χ2v) is 5.96. The number of nitrogens with one attached hydrogen (secondary N) is 1. The lowest BCUT2D eigenvalue weighted by Gasteiger charge is -2.09. The van der Waals surface area contributed by atoms with Gasteiger partial charge in [0.1, 0.15) is 11.6 Å². The molecular weight excluding hydrogens is 367 g/mol. The molecule has 2 aromatic rings. The minimum atomic E-state index is -0.109. The number of nitrogens with zero attached hydrogens (tertiary/aromatic N) is 1. The van der Waals surface area contributed by atoms with Gasteiger partial charge in [-0.1, -0.05) is 13.3 Å². The van der Waals surface area contributed by atoms with Crippen molar-refractivity contribution >= 4 is 22.6 Å². The fraction of sp³-hybridized carbons (Fsp3) is 0.333. The first-order valence-corrected chi connectivity index (χ1v) is 7.61. The number of hydrogen-bond acceptors (Lipinski definition) is 3. The summed E-state index contributed by atoms with van der Waals surface area (Å²) in [6.45, 7) is 5.74. The number of H-pyrrole nitrogens is 1. The summed E-state index contributed by atoms with van der Waals surface area (Å²) in [5, 5.41) is 9.82. The molecule has 0 unspecified atom stereocenters. The van der Waals surface area contributed by atoms with E-state index in [-0.39, 0.29) is 11.3 Å². The zero-order valence-corrected chi connectivity index (χ0v) is 13.9. The van der Waals surface area contributed by atoms with Crippen molar-refractivity contribution in [1.82, 2.24) is 9.97 Å². The van der Waals surface area contributed by atoms with E-state index in [1.165, 1.54) is 0 Å². The van der Waals surface area contributed by atoms with Gasteiger partial charge in [0.2, 0.25) is 0 Å². The predicted molar refractivity (Wildman–Crippen MR) is 88.1 cm³/mol. The largest absolute Gasteiger partial charge is 0.507 e. The van der Waals surface area contributed by atoms with Gasteiger partial charge in [-0.25, -0.2) is 4.98 Å². The normalized spacial score (nSPS) is 10.8. The Balaban J connectivity index is 2.61. The van der Waals surface area contributed by atoms with Crippen molar-refractivity contribution in [2.45, 2.75) is 33.6 Å². The van der Waals surface area contributed by atoms with Gasteiger partial charge in [0.15, 0.2) is 0 Å². The van der Waals surface area contributed by atoms with Crippen LogP contribution in [-0.2, 0) is 6.42 Å². The maximum absolute atomic E-state index is 12.0. The van der Waals surface area contributed by atoms with Crippen LogP contribution >= 0.6 is 22.6 Å². The summed E-state index contributed by atoms with van der Waals surface area (Å²) in [5.41, 5.74) is 3.10. The van der Waals surface area contributed by atoms with Gasteiger partial charge < -0.3 is 10.1 Å². The molecule has 0 amide bonds. The van der Waals surface area contributed by atoms with Crippen LogP contribution in [-0.4, -0.2) is 15.1 Å². The summed E-state index contributed by atoms with van der Waals surface area (Å²) in [6, 6.07) is 3.67. The molecule has 0 atom stereocenters. The smallest absolute Gasteiger partial charge is 0.264 e. The maximum atomic E-state index is 12.0. The number of hydrogen-bond donors (Lipinski definition) is 2. The van der Waals surface area contributed by atoms with Crippen LogP contribution in [0.3, 0.4) is 0 Å². The van der Waals surface area contributed by atoms with Gasteiger partial charge in [-0.05, 0) is 66.1 Å². The highest BCUT2D eigenvalue weighted by molar-refractivity contribution is 14.1. The molecule has 0 radical (unpaired) electrons. The third kappa shape index (κ3) is 2.87. The average molecular weight is 384 g/mol. The molecule has 4 nitrogen and oxygen atoms in total. The lowest BCUT2D eigenvalue weighted by Crippen LogP contribution is -2.16. The summed E-state index contributed by atoms with van der Waals surface area (Å²) < 4.78 is 0.653. The van der Waals surface area contributed by atoms with E-state index in [2.05, 4.69) is 16.9 Å². The Morgan fingerprint density at radius 2 is 1.90 bits per heavy atom. The van der Waals surface area contributed by atoms with E-state index in [0.29, 0.717) is 9.39 Å². The average Bonchev–Trinajstić information content (AvgIpc) is 2.40. The van der Waals surface area contributed by atoms with E-state index >= 15 is 0 Å². The number of rotatable bonds is 3. The fourth-order valence-electron chi connectivity index (χ4n) is 2.14. The Bertz CT molecular complexity index is 685. The lowest BCUT2D eigenvalue weighted by molar-refractivity contribution is 0.467.